The number of ether oxygens (including phenoxy) is 1. The van der Waals surface area contributed by atoms with Crippen molar-refractivity contribution in [3.8, 4) is 0 Å². The Kier molecular flexibility index (Phi) is 3.66. The molecule has 0 spiro atoms. The summed E-state index contributed by atoms with van der Waals surface area (Å²) in [7, 11) is 0. The van der Waals surface area contributed by atoms with Gasteiger partial charge >= 0.3 is 5.97 Å². The van der Waals surface area contributed by atoms with Crippen molar-refractivity contribution in [2.45, 2.75) is 13.3 Å². The summed E-state index contributed by atoms with van der Waals surface area (Å²) in [6, 6.07) is 6.04. The highest BCUT2D eigenvalue weighted by molar-refractivity contribution is 5.84. The van der Waals surface area contributed by atoms with Crippen LogP contribution in [0.5, 0.6) is 0 Å². The quantitative estimate of drug-likeness (QED) is 0.776. The number of esters is 1. The first-order chi connectivity index (χ1) is 8.69. The van der Waals surface area contributed by atoms with E-state index in [1.54, 1.807) is 19.1 Å². The summed E-state index contributed by atoms with van der Waals surface area (Å²) in [5, 5.41) is 3.50. The summed E-state index contributed by atoms with van der Waals surface area (Å²) in [5.41, 5.74) is 0.689. The van der Waals surface area contributed by atoms with Crippen molar-refractivity contribution >= 4 is 5.97 Å². The first kappa shape index (κ1) is 12.2. The first-order valence-electron chi connectivity index (χ1n) is 5.43. The van der Waals surface area contributed by atoms with Gasteiger partial charge in [-0.2, -0.15) is 4.98 Å². The van der Waals surface area contributed by atoms with Crippen molar-refractivity contribution in [2.75, 3.05) is 6.61 Å². The monoisotopic (exact) mass is 250 g/mol. The van der Waals surface area contributed by atoms with E-state index < -0.39 is 5.97 Å². The molecule has 0 aliphatic rings. The van der Waals surface area contributed by atoms with E-state index >= 15 is 0 Å². The molecule has 0 fully saturated rings. The molecule has 0 N–H and O–H groups in total. The van der Waals surface area contributed by atoms with E-state index in [0.717, 1.165) is 0 Å². The molecule has 0 atom stereocenters. The van der Waals surface area contributed by atoms with Gasteiger partial charge in [0.25, 0.3) is 5.82 Å². The molecule has 2 aromatic rings. The lowest BCUT2D eigenvalue weighted by atomic mass is 10.1. The van der Waals surface area contributed by atoms with Crippen LogP contribution in [0, 0.1) is 5.82 Å². The van der Waals surface area contributed by atoms with Crippen molar-refractivity contribution in [3.63, 3.8) is 0 Å². The van der Waals surface area contributed by atoms with Crippen molar-refractivity contribution in [3.05, 3.63) is 47.4 Å². The molecule has 18 heavy (non-hydrogen) atoms. The molecular formula is C12H11FN2O3. The maximum Gasteiger partial charge on any atom is 0.379 e. The van der Waals surface area contributed by atoms with Crippen LogP contribution in [0.3, 0.4) is 0 Å². The summed E-state index contributed by atoms with van der Waals surface area (Å²) in [5.74, 6) is -0.851. The number of rotatable bonds is 4. The van der Waals surface area contributed by atoms with Crippen LogP contribution in [0.1, 0.15) is 29.0 Å². The number of hydrogen-bond donors (Lipinski definition) is 0. The van der Waals surface area contributed by atoms with Crippen LogP contribution in [0.15, 0.2) is 28.8 Å². The summed E-state index contributed by atoms with van der Waals surface area (Å²) in [6.07, 6.45) is 0.268. The number of hydrogen-bond acceptors (Lipinski definition) is 5. The van der Waals surface area contributed by atoms with E-state index in [0.29, 0.717) is 5.56 Å². The molecule has 1 aromatic heterocycles. The van der Waals surface area contributed by atoms with Gasteiger partial charge in [-0.1, -0.05) is 12.1 Å². The Morgan fingerprint density at radius 2 is 2.33 bits per heavy atom. The number of halogens is 1. The fraction of sp³-hybridized carbons (Fsp3) is 0.250. The van der Waals surface area contributed by atoms with Gasteiger partial charge in [-0.05, 0) is 29.8 Å². The molecule has 0 aliphatic carbocycles. The first-order valence-corrected chi connectivity index (χ1v) is 5.43. The van der Waals surface area contributed by atoms with Gasteiger partial charge in [0.2, 0.25) is 5.89 Å². The van der Waals surface area contributed by atoms with Crippen molar-refractivity contribution in [1.29, 1.82) is 0 Å². The van der Waals surface area contributed by atoms with Crippen molar-refractivity contribution < 1.29 is 18.4 Å². The van der Waals surface area contributed by atoms with Gasteiger partial charge in [0.15, 0.2) is 0 Å². The largest absolute Gasteiger partial charge is 0.460 e. The minimum Gasteiger partial charge on any atom is -0.460 e. The number of aromatic nitrogens is 2. The fourth-order valence-corrected chi connectivity index (χ4v) is 1.43. The molecule has 94 valence electrons. The zero-order valence-corrected chi connectivity index (χ0v) is 9.72. The predicted octanol–water partition coefficient (Wildman–Crippen LogP) is 1.98. The van der Waals surface area contributed by atoms with Gasteiger partial charge < -0.3 is 9.26 Å². The van der Waals surface area contributed by atoms with Crippen LogP contribution >= 0.6 is 0 Å². The third-order valence-electron chi connectivity index (χ3n) is 2.17. The fourth-order valence-electron chi connectivity index (χ4n) is 1.43. The number of carbonyl (C=O) groups excluding carboxylic acids is 1. The maximum atomic E-state index is 13.0. The Morgan fingerprint density at radius 1 is 1.50 bits per heavy atom. The highest BCUT2D eigenvalue weighted by atomic mass is 19.1. The van der Waals surface area contributed by atoms with Gasteiger partial charge in [0.05, 0.1) is 13.0 Å². The van der Waals surface area contributed by atoms with Crippen LogP contribution in [0.4, 0.5) is 4.39 Å². The minimum atomic E-state index is -0.633. The molecular weight excluding hydrogens is 239 g/mol. The molecule has 6 heteroatoms. The Hall–Kier alpha value is -2.24. The summed E-state index contributed by atoms with van der Waals surface area (Å²) < 4.78 is 22.6. The molecule has 1 aromatic carbocycles. The predicted molar refractivity (Wildman–Crippen MR) is 59.5 cm³/mol. The van der Waals surface area contributed by atoms with E-state index in [9.17, 15) is 9.18 Å². The average molecular weight is 250 g/mol. The third kappa shape index (κ3) is 2.91. The van der Waals surface area contributed by atoms with E-state index in [1.807, 2.05) is 0 Å². The Morgan fingerprint density at radius 3 is 3.06 bits per heavy atom. The van der Waals surface area contributed by atoms with Crippen LogP contribution < -0.4 is 0 Å². The normalized spacial score (nSPS) is 10.3. The van der Waals surface area contributed by atoms with Crippen LogP contribution in [0.25, 0.3) is 0 Å². The summed E-state index contributed by atoms with van der Waals surface area (Å²) >= 11 is 0. The molecule has 0 saturated carbocycles. The van der Waals surface area contributed by atoms with Gasteiger partial charge in [0, 0.05) is 0 Å². The van der Waals surface area contributed by atoms with Crippen LogP contribution in [-0.2, 0) is 11.2 Å². The highest BCUT2D eigenvalue weighted by Gasteiger charge is 2.15. The van der Waals surface area contributed by atoms with Crippen molar-refractivity contribution in [1.82, 2.24) is 10.1 Å². The molecule has 5 nitrogen and oxygen atoms in total. The molecule has 0 bridgehead atoms. The molecule has 0 unspecified atom stereocenters. The Balaban J connectivity index is 2.09. The Bertz CT molecular complexity index is 554. The van der Waals surface area contributed by atoms with E-state index in [1.165, 1.54) is 12.1 Å². The zero-order chi connectivity index (χ0) is 13.0. The van der Waals surface area contributed by atoms with Gasteiger partial charge in [-0.15, -0.1) is 0 Å². The SMILES string of the molecule is CCOC(=O)c1noc(Cc2cccc(F)c2)n1. The van der Waals surface area contributed by atoms with E-state index in [4.69, 9.17) is 9.26 Å². The van der Waals surface area contributed by atoms with Crippen molar-refractivity contribution in [2.24, 2.45) is 0 Å². The molecule has 0 aliphatic heterocycles. The van der Waals surface area contributed by atoms with Crippen LogP contribution in [0.2, 0.25) is 0 Å². The molecule has 0 amide bonds. The minimum absolute atomic E-state index is 0.122. The molecule has 0 radical (unpaired) electrons. The lowest BCUT2D eigenvalue weighted by molar-refractivity contribution is 0.0508. The lowest BCUT2D eigenvalue weighted by Gasteiger charge is -1.96. The molecule has 2 rings (SSSR count). The zero-order valence-electron chi connectivity index (χ0n) is 9.72. The number of benzene rings is 1. The van der Waals surface area contributed by atoms with Gasteiger partial charge in [-0.25, -0.2) is 9.18 Å². The number of nitrogens with zero attached hydrogens (tertiary/aromatic N) is 2. The second kappa shape index (κ2) is 5.39. The average Bonchev–Trinajstić information content (AvgIpc) is 2.78. The lowest BCUT2D eigenvalue weighted by Crippen LogP contribution is -2.06. The topological polar surface area (TPSA) is 65.2 Å². The number of carbonyl (C=O) groups is 1. The molecule has 1 heterocycles. The van der Waals surface area contributed by atoms with Gasteiger partial charge in [0.1, 0.15) is 5.82 Å². The second-order valence-corrected chi connectivity index (χ2v) is 3.54. The second-order valence-electron chi connectivity index (χ2n) is 3.54. The summed E-state index contributed by atoms with van der Waals surface area (Å²) in [4.78, 5) is 15.2. The smallest absolute Gasteiger partial charge is 0.379 e. The van der Waals surface area contributed by atoms with E-state index in [-0.39, 0.29) is 30.6 Å². The highest BCUT2D eigenvalue weighted by Crippen LogP contribution is 2.09. The van der Waals surface area contributed by atoms with Gasteiger partial charge in [-0.3, -0.25) is 0 Å². The van der Waals surface area contributed by atoms with E-state index in [2.05, 4.69) is 10.1 Å². The third-order valence-corrected chi connectivity index (χ3v) is 2.17. The standard InChI is InChI=1S/C12H11FN2O3/c1-2-17-12(16)11-14-10(18-15-11)7-8-4-3-5-9(13)6-8/h3-6H,2,7H2,1H3. The maximum absolute atomic E-state index is 13.0. The Labute approximate surface area is 103 Å². The summed E-state index contributed by atoms with van der Waals surface area (Å²) in [6.45, 7) is 1.93. The van der Waals surface area contributed by atoms with Crippen LogP contribution in [-0.4, -0.2) is 22.7 Å². The molecule has 0 saturated heterocycles.